The van der Waals surface area contributed by atoms with Gasteiger partial charge in [-0.1, -0.05) is 214 Å². The van der Waals surface area contributed by atoms with E-state index in [0.29, 0.717) is 12.8 Å². The molecule has 4 heteroatoms. The Morgan fingerprint density at radius 2 is 0.800 bits per heavy atom. The number of aliphatic hydroxyl groups is 2. The van der Waals surface area contributed by atoms with Crippen LogP contribution in [0, 0.1) is 0 Å². The van der Waals surface area contributed by atoms with Gasteiger partial charge in [0.05, 0.1) is 18.8 Å². The van der Waals surface area contributed by atoms with E-state index in [1.54, 1.807) is 0 Å². The minimum atomic E-state index is -0.676. The molecule has 0 rings (SSSR count). The number of amides is 1. The van der Waals surface area contributed by atoms with Crippen LogP contribution in [0.2, 0.25) is 0 Å². The average molecular weight is 762 g/mol. The summed E-state index contributed by atoms with van der Waals surface area (Å²) in [7, 11) is 0. The molecule has 0 spiro atoms. The Hall–Kier alpha value is -2.69. The second-order valence-electron chi connectivity index (χ2n) is 15.1. The fourth-order valence-electron chi connectivity index (χ4n) is 6.37. The van der Waals surface area contributed by atoms with Gasteiger partial charge in [-0.3, -0.25) is 4.79 Å². The Balaban J connectivity index is 3.67. The molecule has 2 unspecified atom stereocenters. The maximum absolute atomic E-state index is 12.4. The van der Waals surface area contributed by atoms with E-state index >= 15 is 0 Å². The van der Waals surface area contributed by atoms with E-state index in [1.807, 2.05) is 0 Å². The number of rotatable bonds is 40. The van der Waals surface area contributed by atoms with Crippen LogP contribution in [0.5, 0.6) is 0 Å². The van der Waals surface area contributed by atoms with Gasteiger partial charge in [0, 0.05) is 6.42 Å². The molecule has 0 heterocycles. The molecule has 0 bridgehead atoms. The lowest BCUT2D eigenvalue weighted by atomic mass is 10.0. The Morgan fingerprint density at radius 1 is 0.455 bits per heavy atom. The molecule has 314 valence electrons. The van der Waals surface area contributed by atoms with Crippen LogP contribution < -0.4 is 5.32 Å². The van der Waals surface area contributed by atoms with Crippen molar-refractivity contribution in [3.8, 4) is 0 Å². The molecule has 0 radical (unpaired) electrons. The van der Waals surface area contributed by atoms with Gasteiger partial charge in [-0.25, -0.2) is 0 Å². The molecular formula is C51H87NO3. The van der Waals surface area contributed by atoms with Gasteiger partial charge in [-0.15, -0.1) is 0 Å². The molecule has 3 N–H and O–H groups in total. The molecule has 0 aliphatic heterocycles. The number of nitrogens with one attached hydrogen (secondary N) is 1. The molecule has 55 heavy (non-hydrogen) atoms. The summed E-state index contributed by atoms with van der Waals surface area (Å²) >= 11 is 0. The molecule has 0 saturated heterocycles. The van der Waals surface area contributed by atoms with Crippen LogP contribution in [-0.2, 0) is 4.79 Å². The lowest BCUT2D eigenvalue weighted by Gasteiger charge is -2.22. The zero-order valence-electron chi connectivity index (χ0n) is 35.9. The van der Waals surface area contributed by atoms with Crippen molar-refractivity contribution in [3.63, 3.8) is 0 Å². The number of hydrogen-bond donors (Lipinski definition) is 3. The van der Waals surface area contributed by atoms with Crippen molar-refractivity contribution in [1.82, 2.24) is 5.32 Å². The van der Waals surface area contributed by atoms with Crippen LogP contribution in [-0.4, -0.2) is 34.9 Å². The number of allylic oxidation sites excluding steroid dienone is 16. The van der Waals surface area contributed by atoms with E-state index in [0.717, 1.165) is 96.3 Å². The smallest absolute Gasteiger partial charge is 0.220 e. The summed E-state index contributed by atoms with van der Waals surface area (Å²) in [5.41, 5.74) is 0. The quantitative estimate of drug-likeness (QED) is 0.0430. The van der Waals surface area contributed by atoms with E-state index in [9.17, 15) is 15.0 Å². The van der Waals surface area contributed by atoms with E-state index < -0.39 is 12.1 Å². The summed E-state index contributed by atoms with van der Waals surface area (Å²) in [6.45, 7) is 4.22. The summed E-state index contributed by atoms with van der Waals surface area (Å²) in [4.78, 5) is 12.4. The minimum absolute atomic E-state index is 0.0604. The Kier molecular flexibility index (Phi) is 43.5. The number of unbranched alkanes of at least 4 members (excludes halogenated alkanes) is 17. The third kappa shape index (κ3) is 42.3. The molecule has 0 aliphatic rings. The highest BCUT2D eigenvalue weighted by Crippen LogP contribution is 2.15. The van der Waals surface area contributed by atoms with Gasteiger partial charge >= 0.3 is 0 Å². The van der Waals surface area contributed by atoms with Gasteiger partial charge in [0.2, 0.25) is 5.91 Å². The third-order valence-electron chi connectivity index (χ3n) is 9.86. The second kappa shape index (κ2) is 45.7. The van der Waals surface area contributed by atoms with Crippen molar-refractivity contribution in [2.75, 3.05) is 6.61 Å². The predicted octanol–water partition coefficient (Wildman–Crippen LogP) is 14.6. The second-order valence-corrected chi connectivity index (χ2v) is 15.1. The largest absolute Gasteiger partial charge is 0.394 e. The lowest BCUT2D eigenvalue weighted by molar-refractivity contribution is -0.123. The van der Waals surface area contributed by atoms with Crippen molar-refractivity contribution in [1.29, 1.82) is 0 Å². The predicted molar refractivity (Wildman–Crippen MR) is 243 cm³/mol. The third-order valence-corrected chi connectivity index (χ3v) is 9.86. The molecule has 0 saturated carbocycles. The number of carbonyl (C=O) groups excluding carboxylic acids is 1. The monoisotopic (exact) mass is 762 g/mol. The maximum Gasteiger partial charge on any atom is 0.220 e. The van der Waals surface area contributed by atoms with Crippen LogP contribution >= 0.6 is 0 Å². The molecule has 0 aromatic rings. The topological polar surface area (TPSA) is 69.6 Å². The molecular weight excluding hydrogens is 675 g/mol. The molecule has 0 aromatic carbocycles. The van der Waals surface area contributed by atoms with Crippen LogP contribution in [0.4, 0.5) is 0 Å². The fourth-order valence-corrected chi connectivity index (χ4v) is 6.37. The Labute approximate surface area is 341 Å². The zero-order valence-corrected chi connectivity index (χ0v) is 35.9. The maximum atomic E-state index is 12.4. The molecule has 4 nitrogen and oxygen atoms in total. The van der Waals surface area contributed by atoms with Crippen molar-refractivity contribution < 1.29 is 15.0 Å². The highest BCUT2D eigenvalue weighted by molar-refractivity contribution is 5.76. The summed E-state index contributed by atoms with van der Waals surface area (Å²) in [6.07, 6.45) is 67.7. The molecule has 0 fully saturated rings. The van der Waals surface area contributed by atoms with Crippen molar-refractivity contribution >= 4 is 5.91 Å². The van der Waals surface area contributed by atoms with Gasteiger partial charge in [0.15, 0.2) is 0 Å². The van der Waals surface area contributed by atoms with Crippen molar-refractivity contribution in [3.05, 3.63) is 97.2 Å². The lowest BCUT2D eigenvalue weighted by Crippen LogP contribution is -2.45. The van der Waals surface area contributed by atoms with Crippen LogP contribution in [0.15, 0.2) is 97.2 Å². The number of aliphatic hydroxyl groups excluding tert-OH is 2. The van der Waals surface area contributed by atoms with Gasteiger partial charge in [-0.2, -0.15) is 0 Å². The van der Waals surface area contributed by atoms with Crippen molar-refractivity contribution in [2.45, 2.75) is 212 Å². The zero-order chi connectivity index (χ0) is 40.0. The van der Waals surface area contributed by atoms with Crippen LogP contribution in [0.25, 0.3) is 0 Å². The first-order chi connectivity index (χ1) is 27.2. The summed E-state index contributed by atoms with van der Waals surface area (Å²) in [6, 6.07) is -0.556. The molecule has 0 aromatic heterocycles. The highest BCUT2D eigenvalue weighted by atomic mass is 16.3. The van der Waals surface area contributed by atoms with Gasteiger partial charge < -0.3 is 15.5 Å². The highest BCUT2D eigenvalue weighted by Gasteiger charge is 2.19. The summed E-state index contributed by atoms with van der Waals surface area (Å²) in [5.74, 6) is -0.0604. The van der Waals surface area contributed by atoms with E-state index in [2.05, 4.69) is 116 Å². The van der Waals surface area contributed by atoms with Gasteiger partial charge in [-0.05, 0) is 77.0 Å². The first-order valence-electron chi connectivity index (χ1n) is 22.9. The SMILES string of the molecule is CC/C=C\C/C=C\C/C=C\C/C=C\C/C=C\C/C=C\C/C=C\C/C=C\CCCCCCC(=O)NC(CO)C(O)CCCCCCCCCCCCCCCC. The van der Waals surface area contributed by atoms with E-state index in [1.165, 1.54) is 77.0 Å². The Bertz CT molecular complexity index is 1050. The normalized spacial score (nSPS) is 13.9. The first-order valence-corrected chi connectivity index (χ1v) is 22.9. The van der Waals surface area contributed by atoms with Crippen molar-refractivity contribution in [2.24, 2.45) is 0 Å². The number of hydrogen-bond acceptors (Lipinski definition) is 3. The van der Waals surface area contributed by atoms with Gasteiger partial charge in [0.25, 0.3) is 0 Å². The average Bonchev–Trinajstić information content (AvgIpc) is 3.19. The molecule has 0 aliphatic carbocycles. The fraction of sp³-hybridized carbons (Fsp3) is 0.667. The molecule has 1 amide bonds. The van der Waals surface area contributed by atoms with Gasteiger partial charge in [0.1, 0.15) is 0 Å². The summed E-state index contributed by atoms with van der Waals surface area (Å²) in [5, 5.41) is 23.1. The first kappa shape index (κ1) is 52.3. The standard InChI is InChI=1S/C51H87NO3/c1-3-5-7-9-11-13-15-17-19-20-21-22-23-24-25-26-27-28-29-30-31-32-33-35-37-39-41-43-45-47-51(55)52-49(48-53)50(54)46-44-42-40-38-36-34-18-16-14-12-10-8-6-4-2/h5,7,11,13,17,19,21-22,24-25,27-28,30-31,33,35,49-50,53-54H,3-4,6,8-10,12,14-16,18,20,23,26,29,32,34,36-48H2,1-2H3,(H,52,55)/b7-5-,13-11-,19-17-,22-21-,25-24-,28-27-,31-30-,35-33-. The number of carbonyl (C=O) groups is 1. The van der Waals surface area contributed by atoms with E-state index in [4.69, 9.17) is 0 Å². The Morgan fingerprint density at radius 3 is 1.20 bits per heavy atom. The van der Waals surface area contributed by atoms with Crippen LogP contribution in [0.1, 0.15) is 200 Å². The van der Waals surface area contributed by atoms with Crippen LogP contribution in [0.3, 0.4) is 0 Å². The summed E-state index contributed by atoms with van der Waals surface area (Å²) < 4.78 is 0. The minimum Gasteiger partial charge on any atom is -0.394 e. The molecule has 2 atom stereocenters. The van der Waals surface area contributed by atoms with E-state index in [-0.39, 0.29) is 12.5 Å².